The number of aromatic carboxylic acids is 4. The van der Waals surface area contributed by atoms with Crippen LogP contribution in [0, 0.1) is 11.6 Å². The fourth-order valence-electron chi connectivity index (χ4n) is 8.05. The van der Waals surface area contributed by atoms with E-state index in [4.69, 9.17) is 23.2 Å². The van der Waals surface area contributed by atoms with E-state index in [2.05, 4.69) is 39.9 Å². The second-order valence-electron chi connectivity index (χ2n) is 15.7. The second-order valence-corrected chi connectivity index (χ2v) is 16.5. The molecule has 0 atom stereocenters. The third-order valence-corrected chi connectivity index (χ3v) is 11.9. The summed E-state index contributed by atoms with van der Waals surface area (Å²) < 4.78 is 28.6. The van der Waals surface area contributed by atoms with Gasteiger partial charge in [-0.05, 0) is 72.8 Å². The molecule has 0 saturated heterocycles. The molecule has 18 nitrogen and oxygen atoms in total. The molecule has 380 valence electrons. The molecule has 0 bridgehead atoms. The number of aromatic amines is 2. The number of nitrogens with zero attached hydrogens (tertiary/aromatic N) is 6. The average Bonchev–Trinajstić information content (AvgIpc) is 4.08. The number of rotatable bonds is 6. The zero-order valence-corrected chi connectivity index (χ0v) is 49.6. The van der Waals surface area contributed by atoms with Gasteiger partial charge in [-0.2, -0.15) is 0 Å². The maximum absolute atomic E-state index is 14.3. The summed E-state index contributed by atoms with van der Waals surface area (Å²) in [5, 5.41) is 45.4. The van der Waals surface area contributed by atoms with Crippen molar-refractivity contribution >= 4 is 113 Å². The predicted molar refractivity (Wildman–Crippen MR) is 274 cm³/mol. The smallest absolute Gasteiger partial charge is 0.545 e. The number of nitrogens with one attached hydrogen (secondary N) is 2. The van der Waals surface area contributed by atoms with Crippen LogP contribution >= 0.6 is 23.2 Å². The summed E-state index contributed by atoms with van der Waals surface area (Å²) >= 11 is 12.4. The van der Waals surface area contributed by atoms with Crippen LogP contribution in [0.3, 0.4) is 0 Å². The Kier molecular flexibility index (Phi) is 20.6. The Hall–Kier alpha value is -8.02. The maximum atomic E-state index is 14.3. The van der Waals surface area contributed by atoms with E-state index in [1.165, 1.54) is 36.4 Å². The van der Waals surface area contributed by atoms with Crippen LogP contribution in [0.4, 0.5) is 8.78 Å². The number of carbonyl (C=O) groups excluding carboxylic acids is 4. The Morgan fingerprint density at radius 1 is 0.385 bits per heavy atom. The minimum absolute atomic E-state index is 0. The largest absolute Gasteiger partial charge is 2.00 e. The fourth-order valence-corrected chi connectivity index (χ4v) is 8.56. The Morgan fingerprint density at radius 3 is 0.949 bits per heavy atom. The Balaban J connectivity index is 0.000000199. The van der Waals surface area contributed by atoms with E-state index in [-0.39, 0.29) is 98.9 Å². The summed E-state index contributed by atoms with van der Waals surface area (Å²) in [6, 6.07) is 34.6. The first-order valence-corrected chi connectivity index (χ1v) is 22.4. The first-order valence-electron chi connectivity index (χ1n) is 21.7. The molecule has 0 amide bonds. The topological polar surface area (TPSA) is 335 Å². The number of carboxylic acids is 4. The number of hydrogen-bond donors (Lipinski definition) is 2. The number of hydrogen-bond acceptors (Lipinski definition) is 14. The van der Waals surface area contributed by atoms with Crippen molar-refractivity contribution in [3.05, 3.63) is 202 Å². The van der Waals surface area contributed by atoms with Crippen molar-refractivity contribution < 1.29 is 114 Å². The fraction of sp³-hybridized carbons (Fsp3) is 0. The number of aromatic nitrogens is 8. The summed E-state index contributed by atoms with van der Waals surface area (Å²) in [4.78, 5) is 74.9. The van der Waals surface area contributed by atoms with Gasteiger partial charge in [-0.25, -0.2) is 18.7 Å². The van der Waals surface area contributed by atoms with Crippen molar-refractivity contribution in [3.8, 4) is 22.8 Å². The molecule has 12 rings (SSSR count). The minimum atomic E-state index is -1.52. The molecule has 8 N–H and O–H groups in total. The molecule has 0 aliphatic heterocycles. The quantitative estimate of drug-likeness (QED) is 0.123. The zero-order valence-electron chi connectivity index (χ0n) is 40.0. The monoisotopic (exact) mass is 1290 g/mol. The van der Waals surface area contributed by atoms with Gasteiger partial charge >= 0.3 is 54.6 Å². The summed E-state index contributed by atoms with van der Waals surface area (Å²) in [5.41, 5.74) is 5.17. The van der Waals surface area contributed by atoms with E-state index in [9.17, 15) is 48.4 Å². The van der Waals surface area contributed by atoms with Crippen LogP contribution in [0.2, 0.25) is 10.0 Å². The Morgan fingerprint density at radius 2 is 0.667 bits per heavy atom. The molecule has 12 aromatic rings. The van der Waals surface area contributed by atoms with Gasteiger partial charge in [0, 0.05) is 68.6 Å². The number of carbonyl (C=O) groups is 4. The van der Waals surface area contributed by atoms with Crippen LogP contribution < -0.4 is 20.4 Å². The van der Waals surface area contributed by atoms with Gasteiger partial charge in [0.2, 0.25) is 0 Å². The number of imidazole rings is 2. The predicted octanol–water partition coefficient (Wildman–Crippen LogP) is 5.22. The SMILES string of the molecule is Fc1cccc(Cl)c1-c1nc2c3cccnc3c3ncccc3c2[nH]1.Fc1cccc(Cl)c1-c1nc2c3cccnc3c3ncccc3c2[nH]1.O=C([O-])c1ccccc1C(=O)[O-].O=C([O-])c1ccccc1C(=O)[O-].[Cd+2].[Cd+2].[OH3+].[OH3+]. The molecule has 6 heterocycles. The van der Waals surface area contributed by atoms with Gasteiger partial charge in [0.05, 0.1) is 89.2 Å². The molecule has 0 radical (unpaired) electrons. The van der Waals surface area contributed by atoms with Gasteiger partial charge < -0.3 is 60.5 Å². The summed E-state index contributed by atoms with van der Waals surface area (Å²) in [5.74, 6) is -6.14. The summed E-state index contributed by atoms with van der Waals surface area (Å²) in [7, 11) is 0. The average molecular weight is 1290 g/mol. The maximum Gasteiger partial charge on any atom is 2.00 e. The van der Waals surface area contributed by atoms with Crippen LogP contribution in [-0.4, -0.2) is 63.7 Å². The number of pyridine rings is 4. The van der Waals surface area contributed by atoms with E-state index >= 15 is 0 Å². The molecule has 78 heavy (non-hydrogen) atoms. The van der Waals surface area contributed by atoms with Gasteiger partial charge in [0.25, 0.3) is 0 Å². The van der Waals surface area contributed by atoms with Crippen LogP contribution in [0.5, 0.6) is 0 Å². The van der Waals surface area contributed by atoms with E-state index in [1.54, 1.807) is 49.1 Å². The molecule has 0 spiro atoms. The zero-order chi connectivity index (χ0) is 52.2. The van der Waals surface area contributed by atoms with E-state index in [1.807, 2.05) is 48.5 Å². The Labute approximate surface area is 487 Å². The molecule has 6 aromatic carbocycles. The number of H-pyrrole nitrogens is 2. The van der Waals surface area contributed by atoms with E-state index in [0.29, 0.717) is 21.7 Å². The number of halogens is 4. The second kappa shape index (κ2) is 26.4. The summed E-state index contributed by atoms with van der Waals surface area (Å²) in [6.07, 6.45) is 6.91. The first-order chi connectivity index (χ1) is 35.7. The molecule has 0 aliphatic carbocycles. The first kappa shape index (κ1) is 60.8. The molecule has 0 saturated carbocycles. The number of carboxylic acid groups (broad SMARTS) is 4. The van der Waals surface area contributed by atoms with Crippen LogP contribution in [0.15, 0.2) is 158 Å². The van der Waals surface area contributed by atoms with Crippen molar-refractivity contribution in [1.29, 1.82) is 0 Å². The van der Waals surface area contributed by atoms with Crippen LogP contribution in [0.25, 0.3) is 88.5 Å². The Bertz CT molecular complexity index is 3710. The number of fused-ring (bicyclic) bond motifs is 12. The van der Waals surface area contributed by atoms with Crippen molar-refractivity contribution in [1.82, 2.24) is 39.9 Å². The van der Waals surface area contributed by atoms with Crippen molar-refractivity contribution in [2.45, 2.75) is 0 Å². The van der Waals surface area contributed by atoms with Gasteiger partial charge in [-0.3, -0.25) is 19.9 Å². The standard InChI is InChI=1S/2C19H10ClFN4.2C8H6O4.2Cd.2H2O/c2*20-12-6-1-7-13(21)14(12)19-24-17-10-4-2-8-22-15(10)16-11(18(17)25-19)5-3-9-23-16;2*9-7(10)5-3-1-2-4-6(5)8(11)12;;;;/h2*1-9H,(H,24,25);2*1-4H,(H,9,10)(H,11,12);;;2*1H2/q;;;;2*+2;;/p-2. The van der Waals surface area contributed by atoms with Gasteiger partial charge in [-0.1, -0.05) is 83.9 Å². The normalized spacial score (nSPS) is 10.3. The molecular formula is C54H34Cd2Cl2F2N8O10+2. The number of benzene rings is 6. The molecule has 6 aromatic heterocycles. The molecule has 0 fully saturated rings. The minimum Gasteiger partial charge on any atom is -0.545 e. The van der Waals surface area contributed by atoms with Crippen LogP contribution in [0.1, 0.15) is 41.4 Å². The van der Waals surface area contributed by atoms with Gasteiger partial charge in [0.15, 0.2) is 0 Å². The van der Waals surface area contributed by atoms with Crippen molar-refractivity contribution in [2.24, 2.45) is 0 Å². The summed E-state index contributed by atoms with van der Waals surface area (Å²) in [6.45, 7) is 0. The molecule has 0 unspecified atom stereocenters. The third kappa shape index (κ3) is 12.2. The molecular weight excluding hydrogens is 1250 g/mol. The van der Waals surface area contributed by atoms with Gasteiger partial charge in [-0.15, -0.1) is 0 Å². The van der Waals surface area contributed by atoms with Crippen LogP contribution in [-0.2, 0) is 65.5 Å². The third-order valence-electron chi connectivity index (χ3n) is 11.3. The molecule has 24 heteroatoms. The van der Waals surface area contributed by atoms with E-state index in [0.717, 1.165) is 89.9 Å². The van der Waals surface area contributed by atoms with E-state index < -0.39 is 35.5 Å². The molecule has 0 aliphatic rings. The van der Waals surface area contributed by atoms with Crippen molar-refractivity contribution in [3.63, 3.8) is 0 Å². The van der Waals surface area contributed by atoms with Gasteiger partial charge in [0.1, 0.15) is 23.3 Å². The van der Waals surface area contributed by atoms with Crippen molar-refractivity contribution in [2.75, 3.05) is 0 Å².